The van der Waals surface area contributed by atoms with Crippen LogP contribution in [0.25, 0.3) is 0 Å². The SMILES string of the molecule is CCc1ccccc1NCCC(=O)NCCc1ccc(OC)cc1. The maximum absolute atomic E-state index is 11.9. The van der Waals surface area contributed by atoms with Crippen LogP contribution >= 0.6 is 0 Å². The van der Waals surface area contributed by atoms with Crippen LogP contribution in [0.3, 0.4) is 0 Å². The van der Waals surface area contributed by atoms with E-state index in [-0.39, 0.29) is 5.91 Å². The van der Waals surface area contributed by atoms with Crippen LogP contribution in [0.4, 0.5) is 5.69 Å². The van der Waals surface area contributed by atoms with Crippen molar-refractivity contribution in [2.45, 2.75) is 26.2 Å². The van der Waals surface area contributed by atoms with E-state index in [1.165, 1.54) is 11.1 Å². The second kappa shape index (κ2) is 9.60. The van der Waals surface area contributed by atoms with Crippen LogP contribution in [-0.2, 0) is 17.6 Å². The Morgan fingerprint density at radius 1 is 1.04 bits per heavy atom. The Morgan fingerprint density at radius 2 is 1.79 bits per heavy atom. The molecular formula is C20H26N2O2. The number of carbonyl (C=O) groups is 1. The summed E-state index contributed by atoms with van der Waals surface area (Å²) in [5.41, 5.74) is 3.58. The van der Waals surface area contributed by atoms with Gasteiger partial charge >= 0.3 is 0 Å². The highest BCUT2D eigenvalue weighted by molar-refractivity contribution is 5.76. The van der Waals surface area contributed by atoms with Crippen LogP contribution in [0.15, 0.2) is 48.5 Å². The van der Waals surface area contributed by atoms with E-state index in [2.05, 4.69) is 29.7 Å². The molecule has 0 radical (unpaired) electrons. The van der Waals surface area contributed by atoms with Crippen molar-refractivity contribution in [2.75, 3.05) is 25.5 Å². The van der Waals surface area contributed by atoms with Gasteiger partial charge in [-0.2, -0.15) is 0 Å². The van der Waals surface area contributed by atoms with Crippen LogP contribution in [0.2, 0.25) is 0 Å². The Balaban J connectivity index is 1.66. The minimum Gasteiger partial charge on any atom is -0.497 e. The molecule has 0 fully saturated rings. The first-order valence-electron chi connectivity index (χ1n) is 8.44. The molecule has 0 aromatic heterocycles. The predicted molar refractivity (Wildman–Crippen MR) is 98.6 cm³/mol. The highest BCUT2D eigenvalue weighted by atomic mass is 16.5. The number of hydrogen-bond acceptors (Lipinski definition) is 3. The van der Waals surface area contributed by atoms with Crippen LogP contribution in [-0.4, -0.2) is 26.1 Å². The van der Waals surface area contributed by atoms with E-state index in [0.29, 0.717) is 19.5 Å². The number of nitrogens with one attached hydrogen (secondary N) is 2. The lowest BCUT2D eigenvalue weighted by atomic mass is 10.1. The molecule has 4 nitrogen and oxygen atoms in total. The summed E-state index contributed by atoms with van der Waals surface area (Å²) < 4.78 is 5.13. The summed E-state index contributed by atoms with van der Waals surface area (Å²) in [6, 6.07) is 16.1. The lowest BCUT2D eigenvalue weighted by Gasteiger charge is -2.11. The lowest BCUT2D eigenvalue weighted by molar-refractivity contribution is -0.120. The van der Waals surface area contributed by atoms with Crippen molar-refractivity contribution in [3.05, 3.63) is 59.7 Å². The van der Waals surface area contributed by atoms with E-state index >= 15 is 0 Å². The van der Waals surface area contributed by atoms with Crippen LogP contribution in [0.1, 0.15) is 24.5 Å². The summed E-state index contributed by atoms with van der Waals surface area (Å²) in [4.78, 5) is 11.9. The standard InChI is InChI=1S/C20H26N2O2/c1-3-17-6-4-5-7-19(17)21-15-13-20(23)22-14-12-16-8-10-18(24-2)11-9-16/h4-11,21H,3,12-15H2,1-2H3,(H,22,23). The van der Waals surface area contributed by atoms with Crippen molar-refractivity contribution in [3.63, 3.8) is 0 Å². The minimum absolute atomic E-state index is 0.0741. The largest absolute Gasteiger partial charge is 0.497 e. The van der Waals surface area contributed by atoms with Crippen LogP contribution in [0.5, 0.6) is 5.75 Å². The van der Waals surface area contributed by atoms with Crippen molar-refractivity contribution in [2.24, 2.45) is 0 Å². The van der Waals surface area contributed by atoms with Gasteiger partial charge in [-0.25, -0.2) is 0 Å². The lowest BCUT2D eigenvalue weighted by Crippen LogP contribution is -2.27. The average Bonchev–Trinajstić information content (AvgIpc) is 2.62. The summed E-state index contributed by atoms with van der Waals surface area (Å²) in [6.07, 6.45) is 2.28. The van der Waals surface area contributed by atoms with Gasteiger partial charge in [-0.05, 0) is 42.2 Å². The number of anilines is 1. The van der Waals surface area contributed by atoms with Crippen molar-refractivity contribution in [1.29, 1.82) is 0 Å². The van der Waals surface area contributed by atoms with E-state index in [9.17, 15) is 4.79 Å². The van der Waals surface area contributed by atoms with Gasteiger partial charge in [0.05, 0.1) is 7.11 Å². The number of carbonyl (C=O) groups excluding carboxylic acids is 1. The Morgan fingerprint density at radius 3 is 2.50 bits per heavy atom. The number of para-hydroxylation sites is 1. The molecule has 2 N–H and O–H groups in total. The van der Waals surface area contributed by atoms with Gasteiger partial charge in [-0.3, -0.25) is 4.79 Å². The molecule has 0 bridgehead atoms. The first-order valence-corrected chi connectivity index (χ1v) is 8.44. The van der Waals surface area contributed by atoms with E-state index in [0.717, 1.165) is 24.3 Å². The molecule has 2 aromatic carbocycles. The maximum Gasteiger partial charge on any atom is 0.221 e. The van der Waals surface area contributed by atoms with Crippen LogP contribution < -0.4 is 15.4 Å². The Labute approximate surface area is 144 Å². The Kier molecular flexibility index (Phi) is 7.15. The van der Waals surface area contributed by atoms with Gasteiger partial charge in [0.2, 0.25) is 5.91 Å². The van der Waals surface area contributed by atoms with Crippen LogP contribution in [0, 0.1) is 0 Å². The molecule has 0 atom stereocenters. The molecule has 2 rings (SSSR count). The second-order valence-electron chi connectivity index (χ2n) is 5.64. The molecule has 0 saturated carbocycles. The van der Waals surface area contributed by atoms with Gasteiger partial charge in [0, 0.05) is 25.2 Å². The fraction of sp³-hybridized carbons (Fsp3) is 0.350. The highest BCUT2D eigenvalue weighted by Gasteiger charge is 2.03. The van der Waals surface area contributed by atoms with Gasteiger partial charge in [-0.1, -0.05) is 37.3 Å². The smallest absolute Gasteiger partial charge is 0.221 e. The molecule has 2 aromatic rings. The molecule has 128 valence electrons. The quantitative estimate of drug-likeness (QED) is 0.742. The molecule has 24 heavy (non-hydrogen) atoms. The van der Waals surface area contributed by atoms with E-state index < -0.39 is 0 Å². The number of aryl methyl sites for hydroxylation is 1. The van der Waals surface area contributed by atoms with Gasteiger partial charge in [0.1, 0.15) is 5.75 Å². The number of hydrogen-bond donors (Lipinski definition) is 2. The maximum atomic E-state index is 11.9. The fourth-order valence-electron chi connectivity index (χ4n) is 2.54. The van der Waals surface area contributed by atoms with E-state index in [1.54, 1.807) is 7.11 Å². The molecule has 0 aliphatic heterocycles. The highest BCUT2D eigenvalue weighted by Crippen LogP contribution is 2.15. The van der Waals surface area contributed by atoms with E-state index in [1.807, 2.05) is 36.4 Å². The molecule has 0 aliphatic rings. The zero-order chi connectivity index (χ0) is 17.2. The first-order chi connectivity index (χ1) is 11.7. The third kappa shape index (κ3) is 5.61. The molecule has 0 aliphatic carbocycles. The predicted octanol–water partition coefficient (Wildman–Crippen LogP) is 3.42. The zero-order valence-electron chi connectivity index (χ0n) is 14.5. The molecule has 0 saturated heterocycles. The van der Waals surface area contributed by atoms with Gasteiger partial charge in [0.15, 0.2) is 0 Å². The molecule has 0 heterocycles. The number of methoxy groups -OCH3 is 1. The van der Waals surface area contributed by atoms with Gasteiger partial charge in [-0.15, -0.1) is 0 Å². The molecule has 4 heteroatoms. The number of ether oxygens (including phenoxy) is 1. The summed E-state index contributed by atoms with van der Waals surface area (Å²) >= 11 is 0. The van der Waals surface area contributed by atoms with Crippen molar-refractivity contribution in [1.82, 2.24) is 5.32 Å². The van der Waals surface area contributed by atoms with Gasteiger partial charge in [0.25, 0.3) is 0 Å². The summed E-state index contributed by atoms with van der Waals surface area (Å²) in [6.45, 7) is 3.43. The van der Waals surface area contributed by atoms with Crippen molar-refractivity contribution in [3.8, 4) is 5.75 Å². The molecular weight excluding hydrogens is 300 g/mol. The van der Waals surface area contributed by atoms with Gasteiger partial charge < -0.3 is 15.4 Å². The fourth-order valence-corrected chi connectivity index (χ4v) is 2.54. The monoisotopic (exact) mass is 326 g/mol. The Bertz CT molecular complexity index is 638. The number of rotatable bonds is 9. The topological polar surface area (TPSA) is 50.4 Å². The summed E-state index contributed by atoms with van der Waals surface area (Å²) in [5.74, 6) is 0.922. The van der Waals surface area contributed by atoms with Crippen molar-refractivity contribution >= 4 is 11.6 Å². The minimum atomic E-state index is 0.0741. The second-order valence-corrected chi connectivity index (χ2v) is 5.64. The average molecular weight is 326 g/mol. The van der Waals surface area contributed by atoms with Crippen molar-refractivity contribution < 1.29 is 9.53 Å². The molecule has 0 spiro atoms. The first kappa shape index (κ1) is 17.9. The summed E-state index contributed by atoms with van der Waals surface area (Å²) in [7, 11) is 1.65. The normalized spacial score (nSPS) is 10.2. The summed E-state index contributed by atoms with van der Waals surface area (Å²) in [5, 5.41) is 6.31. The third-order valence-electron chi connectivity index (χ3n) is 3.96. The third-order valence-corrected chi connectivity index (χ3v) is 3.96. The number of benzene rings is 2. The van der Waals surface area contributed by atoms with E-state index in [4.69, 9.17) is 4.74 Å². The Hall–Kier alpha value is -2.49. The number of amides is 1. The zero-order valence-corrected chi connectivity index (χ0v) is 14.5. The molecule has 0 unspecified atom stereocenters. The molecule has 1 amide bonds.